The summed E-state index contributed by atoms with van der Waals surface area (Å²) in [7, 11) is 3.79. The number of nitrogens with two attached hydrogens (primary N) is 2. The predicted octanol–water partition coefficient (Wildman–Crippen LogP) is 0.354. The number of likely N-dealkylation sites (N-methyl/N-ethyl adjacent to an activating group) is 1. The van der Waals surface area contributed by atoms with E-state index in [0.717, 1.165) is 5.56 Å². The highest BCUT2D eigenvalue weighted by Crippen LogP contribution is 2.09. The lowest BCUT2D eigenvalue weighted by molar-refractivity contribution is 0.0999. The molecule has 0 aliphatic rings. The molecule has 0 fully saturated rings. The molecule has 1 aromatic rings. The minimum absolute atomic E-state index is 0.0203. The summed E-state index contributed by atoms with van der Waals surface area (Å²) in [6, 6.07) is 7.05. The zero-order chi connectivity index (χ0) is 14.4. The van der Waals surface area contributed by atoms with E-state index < -0.39 is 12.0 Å². The van der Waals surface area contributed by atoms with Gasteiger partial charge in [-0.25, -0.2) is 4.79 Å². The molecule has 1 atom stereocenters. The molecule has 0 spiro atoms. The molecular formula is C13H19N3O3. The second-order valence-corrected chi connectivity index (χ2v) is 4.51. The van der Waals surface area contributed by atoms with Gasteiger partial charge in [0.15, 0.2) is 0 Å². The van der Waals surface area contributed by atoms with Crippen LogP contribution in [0.15, 0.2) is 24.3 Å². The Morgan fingerprint density at radius 2 is 1.79 bits per heavy atom. The fourth-order valence-electron chi connectivity index (χ4n) is 1.65. The topological polar surface area (TPSA) is 98.7 Å². The molecule has 4 N–H and O–H groups in total. The van der Waals surface area contributed by atoms with Crippen molar-refractivity contribution in [1.29, 1.82) is 0 Å². The van der Waals surface area contributed by atoms with Crippen molar-refractivity contribution in [3.05, 3.63) is 35.4 Å². The van der Waals surface area contributed by atoms with Gasteiger partial charge in [0.05, 0.1) is 0 Å². The highest BCUT2D eigenvalue weighted by Gasteiger charge is 2.14. The van der Waals surface area contributed by atoms with Crippen LogP contribution < -0.4 is 11.5 Å². The SMILES string of the molecule is CN(C)C(COC(N)=O)Cc1ccc(C(N)=O)cc1. The fourth-order valence-corrected chi connectivity index (χ4v) is 1.65. The van der Waals surface area contributed by atoms with E-state index in [1.165, 1.54) is 0 Å². The smallest absolute Gasteiger partial charge is 0.404 e. The van der Waals surface area contributed by atoms with E-state index in [1.807, 2.05) is 31.1 Å². The lowest BCUT2D eigenvalue weighted by atomic mass is 10.0. The van der Waals surface area contributed by atoms with Crippen LogP contribution in [0.25, 0.3) is 0 Å². The number of hydrogen-bond donors (Lipinski definition) is 2. The van der Waals surface area contributed by atoms with Crippen LogP contribution in [0.4, 0.5) is 4.79 Å². The Kier molecular flexibility index (Phi) is 5.32. The Morgan fingerprint density at radius 3 is 2.21 bits per heavy atom. The first-order valence-corrected chi connectivity index (χ1v) is 5.87. The Balaban J connectivity index is 2.68. The molecule has 0 heterocycles. The van der Waals surface area contributed by atoms with Crippen molar-refractivity contribution in [1.82, 2.24) is 4.90 Å². The van der Waals surface area contributed by atoms with Gasteiger partial charge < -0.3 is 21.1 Å². The molecule has 1 rings (SSSR count). The van der Waals surface area contributed by atoms with Gasteiger partial charge in [-0.15, -0.1) is 0 Å². The van der Waals surface area contributed by atoms with Crippen molar-refractivity contribution in [3.8, 4) is 0 Å². The molecule has 1 aromatic carbocycles. The highest BCUT2D eigenvalue weighted by atomic mass is 16.5. The third-order valence-corrected chi connectivity index (χ3v) is 2.86. The molecule has 0 bridgehead atoms. The van der Waals surface area contributed by atoms with Crippen molar-refractivity contribution in [3.63, 3.8) is 0 Å². The standard InChI is InChI=1S/C13H19N3O3/c1-16(2)11(8-19-13(15)18)7-9-3-5-10(6-4-9)12(14)17/h3-6,11H,7-8H2,1-2H3,(H2,14,17)(H2,15,18). The van der Waals surface area contributed by atoms with E-state index in [2.05, 4.69) is 0 Å². The van der Waals surface area contributed by atoms with Gasteiger partial charge in [-0.1, -0.05) is 12.1 Å². The third-order valence-electron chi connectivity index (χ3n) is 2.86. The second-order valence-electron chi connectivity index (χ2n) is 4.51. The molecule has 0 aliphatic carbocycles. The first-order chi connectivity index (χ1) is 8.90. The summed E-state index contributed by atoms with van der Waals surface area (Å²) in [5.41, 5.74) is 11.6. The number of carbonyl (C=O) groups is 2. The quantitative estimate of drug-likeness (QED) is 0.775. The molecule has 0 aliphatic heterocycles. The van der Waals surface area contributed by atoms with E-state index in [0.29, 0.717) is 12.0 Å². The summed E-state index contributed by atoms with van der Waals surface area (Å²) < 4.78 is 4.82. The molecule has 0 saturated carbocycles. The van der Waals surface area contributed by atoms with E-state index in [-0.39, 0.29) is 12.6 Å². The molecule has 0 saturated heterocycles. The number of benzene rings is 1. The monoisotopic (exact) mass is 265 g/mol. The number of rotatable bonds is 6. The molecule has 104 valence electrons. The van der Waals surface area contributed by atoms with E-state index in [4.69, 9.17) is 16.2 Å². The minimum Gasteiger partial charge on any atom is -0.448 e. The van der Waals surface area contributed by atoms with E-state index in [1.54, 1.807) is 12.1 Å². The number of ether oxygens (including phenoxy) is 1. The summed E-state index contributed by atoms with van der Waals surface area (Å²) in [6.45, 7) is 0.222. The van der Waals surface area contributed by atoms with Crippen molar-refractivity contribution in [2.24, 2.45) is 11.5 Å². The van der Waals surface area contributed by atoms with Gasteiger partial charge in [0, 0.05) is 11.6 Å². The summed E-state index contributed by atoms with van der Waals surface area (Å²) in [6.07, 6.45) is -0.102. The Bertz CT molecular complexity index is 443. The summed E-state index contributed by atoms with van der Waals surface area (Å²) in [5, 5.41) is 0. The first kappa shape index (κ1) is 15.0. The van der Waals surface area contributed by atoms with Gasteiger partial charge in [0.2, 0.25) is 5.91 Å². The average molecular weight is 265 g/mol. The number of hydrogen-bond acceptors (Lipinski definition) is 4. The maximum absolute atomic E-state index is 11.0. The second kappa shape index (κ2) is 6.75. The van der Waals surface area contributed by atoms with E-state index in [9.17, 15) is 9.59 Å². The highest BCUT2D eigenvalue weighted by molar-refractivity contribution is 5.92. The maximum atomic E-state index is 11.0. The van der Waals surface area contributed by atoms with Gasteiger partial charge in [-0.3, -0.25) is 4.79 Å². The Labute approximate surface area is 112 Å². The normalized spacial score (nSPS) is 12.2. The summed E-state index contributed by atoms with van der Waals surface area (Å²) >= 11 is 0. The Morgan fingerprint density at radius 1 is 1.21 bits per heavy atom. The number of primary amides is 2. The van der Waals surface area contributed by atoms with Gasteiger partial charge in [-0.2, -0.15) is 0 Å². The number of carbonyl (C=O) groups excluding carboxylic acids is 2. The fraction of sp³-hybridized carbons (Fsp3) is 0.385. The molecule has 6 heteroatoms. The molecule has 1 unspecified atom stereocenters. The zero-order valence-corrected chi connectivity index (χ0v) is 11.1. The van der Waals surface area contributed by atoms with Gasteiger partial charge >= 0.3 is 6.09 Å². The Hall–Kier alpha value is -2.08. The summed E-state index contributed by atoms with van der Waals surface area (Å²) in [4.78, 5) is 23.5. The van der Waals surface area contributed by atoms with Crippen LogP contribution in [0.5, 0.6) is 0 Å². The molecule has 0 radical (unpaired) electrons. The van der Waals surface area contributed by atoms with Gasteiger partial charge in [-0.05, 0) is 38.2 Å². The first-order valence-electron chi connectivity index (χ1n) is 5.87. The molecule has 2 amide bonds. The van der Waals surface area contributed by atoms with Crippen molar-refractivity contribution in [2.75, 3.05) is 20.7 Å². The lowest BCUT2D eigenvalue weighted by Crippen LogP contribution is -2.36. The molecule has 0 aromatic heterocycles. The van der Waals surface area contributed by atoms with Crippen LogP contribution in [0.2, 0.25) is 0 Å². The van der Waals surface area contributed by atoms with Gasteiger partial charge in [0.25, 0.3) is 0 Å². The van der Waals surface area contributed by atoms with Crippen LogP contribution in [0.3, 0.4) is 0 Å². The van der Waals surface area contributed by atoms with Crippen LogP contribution in [-0.4, -0.2) is 43.6 Å². The molecule has 19 heavy (non-hydrogen) atoms. The third kappa shape index (κ3) is 4.97. The predicted molar refractivity (Wildman–Crippen MR) is 71.7 cm³/mol. The number of amides is 2. The van der Waals surface area contributed by atoms with Crippen LogP contribution in [0, 0.1) is 0 Å². The van der Waals surface area contributed by atoms with Gasteiger partial charge in [0.1, 0.15) is 6.61 Å². The maximum Gasteiger partial charge on any atom is 0.404 e. The lowest BCUT2D eigenvalue weighted by Gasteiger charge is -2.23. The van der Waals surface area contributed by atoms with Crippen molar-refractivity contribution < 1.29 is 14.3 Å². The summed E-state index contributed by atoms with van der Waals surface area (Å²) in [5.74, 6) is -0.451. The average Bonchev–Trinajstić information content (AvgIpc) is 2.34. The molecule has 6 nitrogen and oxygen atoms in total. The largest absolute Gasteiger partial charge is 0.448 e. The van der Waals surface area contributed by atoms with Crippen molar-refractivity contribution >= 4 is 12.0 Å². The van der Waals surface area contributed by atoms with E-state index >= 15 is 0 Å². The molecular weight excluding hydrogens is 246 g/mol. The minimum atomic E-state index is -0.782. The van der Waals surface area contributed by atoms with Crippen LogP contribution in [0.1, 0.15) is 15.9 Å². The van der Waals surface area contributed by atoms with Crippen molar-refractivity contribution in [2.45, 2.75) is 12.5 Å². The zero-order valence-electron chi connectivity index (χ0n) is 11.1. The number of nitrogens with zero attached hydrogens (tertiary/aromatic N) is 1. The van der Waals surface area contributed by atoms with Crippen LogP contribution in [-0.2, 0) is 11.2 Å². The van der Waals surface area contributed by atoms with Crippen LogP contribution >= 0.6 is 0 Å².